The van der Waals surface area contributed by atoms with Crippen LogP contribution in [-0.2, 0) is 12.7 Å². The molecule has 9 heteroatoms. The molecule has 0 spiro atoms. The Labute approximate surface area is 194 Å². The lowest BCUT2D eigenvalue weighted by atomic mass is 10.0. The van der Waals surface area contributed by atoms with Crippen LogP contribution in [0.15, 0.2) is 64.2 Å². The molecule has 2 aromatic carbocycles. The van der Waals surface area contributed by atoms with E-state index < -0.39 is 17.6 Å². The third-order valence-corrected chi connectivity index (χ3v) is 5.73. The van der Waals surface area contributed by atoms with Gasteiger partial charge in [-0.1, -0.05) is 6.07 Å². The second-order valence-electron chi connectivity index (χ2n) is 8.14. The topological polar surface area (TPSA) is 83.9 Å². The molecule has 3 N–H and O–H groups in total. The summed E-state index contributed by atoms with van der Waals surface area (Å²) in [6.45, 7) is 2.70. The first-order valence-electron chi connectivity index (χ1n) is 10.9. The van der Waals surface area contributed by atoms with Gasteiger partial charge in [-0.3, -0.25) is 14.7 Å². The summed E-state index contributed by atoms with van der Waals surface area (Å²) in [6, 6.07) is 9.64. The van der Waals surface area contributed by atoms with Gasteiger partial charge in [-0.15, -0.1) is 0 Å². The lowest BCUT2D eigenvalue weighted by Gasteiger charge is -2.11. The predicted octanol–water partition coefficient (Wildman–Crippen LogP) is 5.19. The van der Waals surface area contributed by atoms with Crippen molar-refractivity contribution in [3.05, 3.63) is 77.2 Å². The number of halogens is 3. The highest BCUT2D eigenvalue weighted by Gasteiger charge is 2.31. The van der Waals surface area contributed by atoms with Crippen LogP contribution < -0.4 is 11.1 Å². The number of alkyl halides is 3. The minimum absolute atomic E-state index is 0.0929. The number of allylic oxidation sites excluding steroid dienone is 1. The third-order valence-electron chi connectivity index (χ3n) is 5.73. The first-order chi connectivity index (χ1) is 16.3. The molecule has 1 saturated heterocycles. The Morgan fingerprint density at radius 2 is 1.97 bits per heavy atom. The molecule has 1 fully saturated rings. The fourth-order valence-electron chi connectivity index (χ4n) is 4.12. The van der Waals surface area contributed by atoms with Crippen molar-refractivity contribution in [3.63, 3.8) is 0 Å². The Hall–Kier alpha value is -3.59. The number of benzene rings is 2. The second kappa shape index (κ2) is 9.72. The number of hydrogen-bond acceptors (Lipinski definition) is 5. The van der Waals surface area contributed by atoms with Crippen molar-refractivity contribution in [2.45, 2.75) is 25.6 Å². The van der Waals surface area contributed by atoms with Gasteiger partial charge in [0.25, 0.3) is 5.91 Å². The zero-order valence-corrected chi connectivity index (χ0v) is 18.7. The van der Waals surface area contributed by atoms with Crippen LogP contribution in [-0.4, -0.2) is 36.7 Å². The molecule has 4 rings (SSSR count). The summed E-state index contributed by atoms with van der Waals surface area (Å²) in [5.74, 6) is 0.133. The maximum absolute atomic E-state index is 13.1. The molecule has 0 saturated carbocycles. The van der Waals surface area contributed by atoms with Crippen molar-refractivity contribution in [1.29, 1.82) is 0 Å². The Balaban J connectivity index is 1.70. The number of furan rings is 1. The maximum atomic E-state index is 13.1. The van der Waals surface area contributed by atoms with Gasteiger partial charge in [0.2, 0.25) is 0 Å². The van der Waals surface area contributed by atoms with Crippen LogP contribution in [0.2, 0.25) is 0 Å². The number of nitrogens with two attached hydrogens (primary N) is 1. The summed E-state index contributed by atoms with van der Waals surface area (Å²) < 4.78 is 45.3. The Morgan fingerprint density at radius 3 is 2.65 bits per heavy atom. The molecule has 0 atom stereocenters. The fourth-order valence-corrected chi connectivity index (χ4v) is 4.12. The van der Waals surface area contributed by atoms with Crippen molar-refractivity contribution in [3.8, 4) is 0 Å². The average Bonchev–Trinajstić information content (AvgIpc) is 3.46. The molecule has 178 valence electrons. The number of carbonyl (C=O) groups is 1. The third kappa shape index (κ3) is 5.14. The van der Waals surface area contributed by atoms with Crippen molar-refractivity contribution in [1.82, 2.24) is 4.90 Å². The van der Waals surface area contributed by atoms with E-state index in [1.807, 2.05) is 6.07 Å². The van der Waals surface area contributed by atoms with E-state index >= 15 is 0 Å². The minimum Gasteiger partial charge on any atom is -0.459 e. The largest absolute Gasteiger partial charge is 0.459 e. The maximum Gasteiger partial charge on any atom is 0.416 e. The summed E-state index contributed by atoms with van der Waals surface area (Å²) in [6.07, 6.45) is 0.758. The summed E-state index contributed by atoms with van der Waals surface area (Å²) >= 11 is 0. The molecule has 0 aliphatic carbocycles. The fraction of sp³-hybridized carbons (Fsp3) is 0.280. The van der Waals surface area contributed by atoms with Gasteiger partial charge in [-0.25, -0.2) is 0 Å². The summed E-state index contributed by atoms with van der Waals surface area (Å²) in [5, 5.41) is 3.45. The van der Waals surface area contributed by atoms with E-state index in [0.717, 1.165) is 49.2 Å². The molecule has 0 unspecified atom stereocenters. The second-order valence-corrected chi connectivity index (χ2v) is 8.14. The molecule has 1 aromatic heterocycles. The van der Waals surface area contributed by atoms with Gasteiger partial charge in [0.05, 0.1) is 17.8 Å². The Bertz CT molecular complexity index is 1250. The van der Waals surface area contributed by atoms with Gasteiger partial charge >= 0.3 is 6.18 Å². The number of nitrogens with zero attached hydrogens (tertiary/aromatic N) is 2. The normalized spacial score (nSPS) is 15.5. The van der Waals surface area contributed by atoms with Gasteiger partial charge < -0.3 is 15.5 Å². The van der Waals surface area contributed by atoms with Gasteiger partial charge in [-0.05, 0) is 74.6 Å². The molecule has 0 bridgehead atoms. The number of amides is 1. The van der Waals surface area contributed by atoms with E-state index in [2.05, 4.69) is 15.2 Å². The standard InChI is InChI=1S/C25H25F3N4O2/c1-30-22(7-8-29)21-14-19(31-24(33)16-5-4-6-18(11-16)25(26,27)28)12-17-13-20(34-23(17)21)15-32-9-2-3-10-32/h4-8,11-14H,2-3,9-10,15,29H2,1H3,(H,31,33). The van der Waals surface area contributed by atoms with Crippen LogP contribution >= 0.6 is 0 Å². The number of hydrogen-bond donors (Lipinski definition) is 2. The minimum atomic E-state index is -4.54. The Kier molecular flexibility index (Phi) is 6.74. The summed E-state index contributed by atoms with van der Waals surface area (Å²) in [4.78, 5) is 19.3. The molecule has 34 heavy (non-hydrogen) atoms. The number of anilines is 1. The van der Waals surface area contributed by atoms with Crippen LogP contribution in [0.4, 0.5) is 18.9 Å². The zero-order chi connectivity index (χ0) is 24.3. The molecule has 6 nitrogen and oxygen atoms in total. The average molecular weight is 470 g/mol. The van der Waals surface area contributed by atoms with E-state index in [4.69, 9.17) is 10.2 Å². The quantitative estimate of drug-likeness (QED) is 0.486. The first-order valence-corrected chi connectivity index (χ1v) is 10.9. The summed E-state index contributed by atoms with van der Waals surface area (Å²) in [5.41, 5.74) is 6.78. The van der Waals surface area contributed by atoms with Crippen molar-refractivity contribution in [2.24, 2.45) is 10.7 Å². The first kappa shape index (κ1) is 23.6. The molecular formula is C25H25F3N4O2. The Morgan fingerprint density at radius 1 is 1.21 bits per heavy atom. The highest BCUT2D eigenvalue weighted by atomic mass is 19.4. The van der Waals surface area contributed by atoms with Gasteiger partial charge in [0, 0.05) is 29.2 Å². The van der Waals surface area contributed by atoms with Crippen molar-refractivity contribution < 1.29 is 22.4 Å². The van der Waals surface area contributed by atoms with E-state index in [-0.39, 0.29) is 5.56 Å². The van der Waals surface area contributed by atoms with Crippen LogP contribution in [0.25, 0.3) is 11.0 Å². The number of carbonyl (C=O) groups excluding carboxylic acids is 1. The van der Waals surface area contributed by atoms with Gasteiger partial charge in [0.1, 0.15) is 11.3 Å². The van der Waals surface area contributed by atoms with E-state index in [0.29, 0.717) is 29.1 Å². The molecule has 3 aromatic rings. The SMILES string of the molecule is CN=C(C=CN)c1cc(NC(=O)c2cccc(C(F)(F)F)c2)cc2cc(CN3CCCC3)oc12. The van der Waals surface area contributed by atoms with Crippen LogP contribution in [0.1, 0.15) is 40.1 Å². The number of aliphatic imine (C=N–C) groups is 1. The highest BCUT2D eigenvalue weighted by molar-refractivity contribution is 6.16. The monoisotopic (exact) mass is 470 g/mol. The van der Waals surface area contributed by atoms with Gasteiger partial charge in [0.15, 0.2) is 0 Å². The number of fused-ring (bicyclic) bond motifs is 1. The molecule has 0 radical (unpaired) electrons. The lowest BCUT2D eigenvalue weighted by molar-refractivity contribution is -0.137. The molecule has 1 aliphatic rings. The summed E-state index contributed by atoms with van der Waals surface area (Å²) in [7, 11) is 1.61. The molecular weight excluding hydrogens is 445 g/mol. The van der Waals surface area contributed by atoms with Crippen molar-refractivity contribution >= 4 is 28.3 Å². The van der Waals surface area contributed by atoms with Crippen LogP contribution in [0.5, 0.6) is 0 Å². The highest BCUT2D eigenvalue weighted by Crippen LogP contribution is 2.31. The smallest absolute Gasteiger partial charge is 0.416 e. The van der Waals surface area contributed by atoms with E-state index in [1.165, 1.54) is 18.3 Å². The van der Waals surface area contributed by atoms with E-state index in [1.54, 1.807) is 25.3 Å². The number of rotatable bonds is 6. The molecule has 2 heterocycles. The number of likely N-dealkylation sites (tertiary alicyclic amines) is 1. The van der Waals surface area contributed by atoms with Crippen LogP contribution in [0.3, 0.4) is 0 Å². The van der Waals surface area contributed by atoms with Crippen molar-refractivity contribution in [2.75, 3.05) is 25.5 Å². The predicted molar refractivity (Wildman–Crippen MR) is 126 cm³/mol. The lowest BCUT2D eigenvalue weighted by Crippen LogP contribution is -2.17. The molecule has 1 amide bonds. The number of nitrogens with one attached hydrogen (secondary N) is 1. The van der Waals surface area contributed by atoms with Gasteiger partial charge in [-0.2, -0.15) is 13.2 Å². The van der Waals surface area contributed by atoms with Crippen LogP contribution in [0, 0.1) is 0 Å². The van der Waals surface area contributed by atoms with E-state index in [9.17, 15) is 18.0 Å². The molecule has 1 aliphatic heterocycles. The zero-order valence-electron chi connectivity index (χ0n) is 18.7.